The lowest BCUT2D eigenvalue weighted by Crippen LogP contribution is -2.43. The third-order valence-corrected chi connectivity index (χ3v) is 7.70. The minimum atomic E-state index is -5.05. The molecule has 2 heterocycles. The molecule has 2 aliphatic rings. The summed E-state index contributed by atoms with van der Waals surface area (Å²) < 4.78 is 95.1. The summed E-state index contributed by atoms with van der Waals surface area (Å²) in [6, 6.07) is 5.42. The molecule has 1 amide bonds. The number of rotatable bonds is 5. The molecule has 4 nitrogen and oxygen atoms in total. The van der Waals surface area contributed by atoms with E-state index in [4.69, 9.17) is 0 Å². The van der Waals surface area contributed by atoms with Crippen LogP contribution < -0.4 is 5.32 Å². The van der Waals surface area contributed by atoms with Gasteiger partial charge < -0.3 is 10.2 Å². The Morgan fingerprint density at radius 2 is 1.57 bits per heavy atom. The van der Waals surface area contributed by atoms with E-state index in [-0.39, 0.29) is 18.2 Å². The molecule has 1 saturated heterocycles. The first-order valence-electron chi connectivity index (χ1n) is 12.8. The fourth-order valence-corrected chi connectivity index (χ4v) is 5.37. The fraction of sp³-hybridized carbons (Fsp3) is 0.448. The number of alkyl halides is 6. The van der Waals surface area contributed by atoms with Crippen LogP contribution in [0.2, 0.25) is 0 Å². The summed E-state index contributed by atoms with van der Waals surface area (Å²) in [5.74, 6) is -1.16. The summed E-state index contributed by atoms with van der Waals surface area (Å²) in [5, 5.41) is 3.41. The lowest BCUT2D eigenvalue weighted by molar-refractivity contribution is -0.143. The first-order chi connectivity index (χ1) is 18.5. The molecular weight excluding hydrogens is 539 g/mol. The standard InChI is InChI=1S/C29H30F7N3O/c1-16-10-20(30)7-8-21(16)22-14-24(23-6-5-9-37-23)38-15-25(22)39(4)26(40)27(2,3)17-11-18(28(31,32)33)13-19(12-17)29(34,35)36/h7-8,10-13,15,23-24,37H,5-6,9,14H2,1-4H3/t23-,24?/m1/s1. The van der Waals surface area contributed by atoms with Gasteiger partial charge in [-0.15, -0.1) is 0 Å². The summed E-state index contributed by atoms with van der Waals surface area (Å²) in [5.41, 5.74) is -2.84. The van der Waals surface area contributed by atoms with Crippen molar-refractivity contribution in [3.63, 3.8) is 0 Å². The smallest absolute Gasteiger partial charge is 0.313 e. The van der Waals surface area contributed by atoms with Gasteiger partial charge in [0.05, 0.1) is 28.3 Å². The number of halogens is 7. The Bertz CT molecular complexity index is 1320. The van der Waals surface area contributed by atoms with E-state index in [1.807, 2.05) is 0 Å². The normalized spacial score (nSPS) is 20.3. The third kappa shape index (κ3) is 5.94. The molecule has 1 fully saturated rings. The molecule has 216 valence electrons. The van der Waals surface area contributed by atoms with Crippen LogP contribution >= 0.6 is 0 Å². The summed E-state index contributed by atoms with van der Waals surface area (Å²) in [6.45, 7) is 5.15. The molecule has 2 aromatic rings. The molecule has 2 aliphatic heterocycles. The van der Waals surface area contributed by atoms with Crippen LogP contribution in [-0.2, 0) is 22.6 Å². The van der Waals surface area contributed by atoms with Gasteiger partial charge in [0, 0.05) is 19.3 Å². The first kappa shape index (κ1) is 29.8. The number of likely N-dealkylation sites (N-methyl/N-ethyl adjacent to an activating group) is 1. The third-order valence-electron chi connectivity index (χ3n) is 7.70. The van der Waals surface area contributed by atoms with Gasteiger partial charge in [-0.2, -0.15) is 26.3 Å². The Morgan fingerprint density at radius 3 is 2.10 bits per heavy atom. The van der Waals surface area contributed by atoms with Crippen LogP contribution in [0.15, 0.2) is 47.1 Å². The molecule has 0 aliphatic carbocycles. The summed E-state index contributed by atoms with van der Waals surface area (Å²) in [6.07, 6.45) is -6.26. The molecule has 0 bridgehead atoms. The van der Waals surface area contributed by atoms with Gasteiger partial charge in [-0.25, -0.2) is 4.39 Å². The van der Waals surface area contributed by atoms with E-state index in [2.05, 4.69) is 10.3 Å². The van der Waals surface area contributed by atoms with Gasteiger partial charge in [0.1, 0.15) is 5.82 Å². The lowest BCUT2D eigenvalue weighted by Gasteiger charge is -2.35. The van der Waals surface area contributed by atoms with Crippen molar-refractivity contribution in [2.45, 2.75) is 69.9 Å². The van der Waals surface area contributed by atoms with E-state index in [9.17, 15) is 35.5 Å². The van der Waals surface area contributed by atoms with Gasteiger partial charge in [-0.05, 0) is 99.2 Å². The highest BCUT2D eigenvalue weighted by molar-refractivity contribution is 6.00. The van der Waals surface area contributed by atoms with Crippen molar-refractivity contribution in [2.75, 3.05) is 13.6 Å². The highest BCUT2D eigenvalue weighted by Crippen LogP contribution is 2.40. The molecule has 0 aromatic heterocycles. The largest absolute Gasteiger partial charge is 0.416 e. The van der Waals surface area contributed by atoms with Crippen molar-refractivity contribution in [1.29, 1.82) is 0 Å². The number of benzene rings is 2. The number of aryl methyl sites for hydroxylation is 1. The molecule has 0 radical (unpaired) electrons. The second-order valence-electron chi connectivity index (χ2n) is 10.9. The van der Waals surface area contributed by atoms with Crippen LogP contribution in [0.3, 0.4) is 0 Å². The minimum absolute atomic E-state index is 0.0384. The SMILES string of the molecule is Cc1cc(F)ccc1C1=C(N(C)C(=O)C(C)(C)c2cc(C(F)(F)F)cc(C(F)(F)F)c2)C=NC([C@H]2CCCN2)C1. The van der Waals surface area contributed by atoms with E-state index in [0.717, 1.165) is 19.4 Å². The number of carbonyl (C=O) groups is 1. The maximum absolute atomic E-state index is 13.9. The van der Waals surface area contributed by atoms with Crippen LogP contribution in [0.25, 0.3) is 5.57 Å². The predicted octanol–water partition coefficient (Wildman–Crippen LogP) is 6.91. The van der Waals surface area contributed by atoms with E-state index >= 15 is 0 Å². The quantitative estimate of drug-likeness (QED) is 0.398. The number of hydrogen-bond acceptors (Lipinski definition) is 3. The lowest BCUT2D eigenvalue weighted by atomic mass is 9.81. The van der Waals surface area contributed by atoms with Gasteiger partial charge in [0.15, 0.2) is 0 Å². The number of carbonyl (C=O) groups excluding carboxylic acids is 1. The maximum atomic E-state index is 13.9. The number of amides is 1. The highest BCUT2D eigenvalue weighted by Gasteiger charge is 2.42. The zero-order valence-corrected chi connectivity index (χ0v) is 22.5. The van der Waals surface area contributed by atoms with E-state index < -0.39 is 46.2 Å². The Labute approximate surface area is 228 Å². The number of nitrogens with one attached hydrogen (secondary N) is 1. The van der Waals surface area contributed by atoms with Crippen molar-refractivity contribution in [3.8, 4) is 0 Å². The van der Waals surface area contributed by atoms with E-state index in [0.29, 0.717) is 41.0 Å². The molecule has 2 aromatic carbocycles. The Balaban J connectivity index is 1.78. The molecule has 4 rings (SSSR count). The average Bonchev–Trinajstić information content (AvgIpc) is 3.41. The zero-order valence-electron chi connectivity index (χ0n) is 22.5. The van der Waals surface area contributed by atoms with Crippen molar-refractivity contribution >= 4 is 17.7 Å². The van der Waals surface area contributed by atoms with E-state index in [1.165, 1.54) is 44.1 Å². The van der Waals surface area contributed by atoms with Crippen LogP contribution in [0.1, 0.15) is 60.9 Å². The number of allylic oxidation sites excluding steroid dienone is 1. The Kier molecular flexibility index (Phi) is 7.92. The second kappa shape index (κ2) is 10.6. The van der Waals surface area contributed by atoms with Crippen molar-refractivity contribution in [1.82, 2.24) is 10.2 Å². The fourth-order valence-electron chi connectivity index (χ4n) is 5.37. The highest BCUT2D eigenvalue weighted by atomic mass is 19.4. The molecule has 2 atom stereocenters. The van der Waals surface area contributed by atoms with Crippen LogP contribution in [0.5, 0.6) is 0 Å². The molecule has 0 spiro atoms. The average molecular weight is 570 g/mol. The summed E-state index contributed by atoms with van der Waals surface area (Å²) >= 11 is 0. The second-order valence-corrected chi connectivity index (χ2v) is 10.9. The molecule has 40 heavy (non-hydrogen) atoms. The van der Waals surface area contributed by atoms with Crippen molar-refractivity contribution in [2.24, 2.45) is 4.99 Å². The van der Waals surface area contributed by atoms with Crippen LogP contribution in [0.4, 0.5) is 30.7 Å². The molecule has 1 unspecified atom stereocenters. The topological polar surface area (TPSA) is 44.7 Å². The monoisotopic (exact) mass is 569 g/mol. The number of hydrogen-bond donors (Lipinski definition) is 1. The van der Waals surface area contributed by atoms with Gasteiger partial charge in [0.2, 0.25) is 5.91 Å². The Hall–Kier alpha value is -3.21. The zero-order chi connectivity index (χ0) is 29.6. The van der Waals surface area contributed by atoms with Crippen molar-refractivity contribution in [3.05, 3.63) is 75.7 Å². The first-order valence-corrected chi connectivity index (χ1v) is 12.8. The molecule has 11 heteroatoms. The molecular formula is C29H30F7N3O. The minimum Gasteiger partial charge on any atom is -0.313 e. The van der Waals surface area contributed by atoms with Gasteiger partial charge in [-0.3, -0.25) is 9.79 Å². The van der Waals surface area contributed by atoms with Crippen molar-refractivity contribution < 1.29 is 35.5 Å². The summed E-state index contributed by atoms with van der Waals surface area (Å²) in [4.78, 5) is 19.7. The van der Waals surface area contributed by atoms with Gasteiger partial charge in [0.25, 0.3) is 0 Å². The molecule has 1 N–H and O–H groups in total. The molecule has 0 saturated carbocycles. The van der Waals surface area contributed by atoms with Crippen LogP contribution in [0, 0.1) is 12.7 Å². The Morgan fingerprint density at radius 1 is 0.975 bits per heavy atom. The maximum Gasteiger partial charge on any atom is 0.416 e. The van der Waals surface area contributed by atoms with Gasteiger partial charge in [-0.1, -0.05) is 6.07 Å². The number of nitrogens with zero attached hydrogens (tertiary/aromatic N) is 2. The predicted molar refractivity (Wildman–Crippen MR) is 138 cm³/mol. The number of aliphatic imine (C=N–C) groups is 1. The number of dihydropyridines is 1. The summed E-state index contributed by atoms with van der Waals surface area (Å²) in [7, 11) is 1.41. The van der Waals surface area contributed by atoms with Crippen LogP contribution in [-0.4, -0.2) is 42.7 Å². The van der Waals surface area contributed by atoms with Gasteiger partial charge >= 0.3 is 12.4 Å². The van der Waals surface area contributed by atoms with E-state index in [1.54, 1.807) is 13.0 Å².